The molecule has 2 aromatic rings. The van der Waals surface area contributed by atoms with Gasteiger partial charge in [0.05, 0.1) is 38.5 Å². The molecule has 2 aliphatic rings. The Hall–Kier alpha value is -2.05. The van der Waals surface area contributed by atoms with Crippen molar-refractivity contribution in [2.24, 2.45) is 0 Å². The van der Waals surface area contributed by atoms with Crippen molar-refractivity contribution in [3.63, 3.8) is 0 Å². The van der Waals surface area contributed by atoms with E-state index in [1.807, 2.05) is 36.4 Å². The number of morpholine rings is 2. The van der Waals surface area contributed by atoms with Gasteiger partial charge in [-0.15, -0.1) is 0 Å². The summed E-state index contributed by atoms with van der Waals surface area (Å²) in [5.74, 6) is 0.183. The molecule has 2 saturated heterocycles. The zero-order chi connectivity index (χ0) is 19.2. The van der Waals surface area contributed by atoms with E-state index < -0.39 is 0 Å². The summed E-state index contributed by atoms with van der Waals surface area (Å²) in [4.78, 5) is 18.5. The Labute approximate surface area is 166 Å². The van der Waals surface area contributed by atoms with E-state index in [9.17, 15) is 4.79 Å². The molecule has 0 N–H and O–H groups in total. The summed E-state index contributed by atoms with van der Waals surface area (Å²) in [5.41, 5.74) is 1.96. The van der Waals surface area contributed by atoms with Crippen molar-refractivity contribution in [2.75, 3.05) is 52.6 Å². The molecule has 28 heavy (non-hydrogen) atoms. The number of benzene rings is 2. The number of carbonyl (C=O) groups excluding carboxylic acids is 1. The summed E-state index contributed by atoms with van der Waals surface area (Å²) in [6, 6.07) is 19.9. The van der Waals surface area contributed by atoms with Crippen LogP contribution >= 0.6 is 0 Å². The number of ketones is 1. The lowest BCUT2D eigenvalue weighted by molar-refractivity contribution is -0.0301. The van der Waals surface area contributed by atoms with Gasteiger partial charge in [0.2, 0.25) is 0 Å². The van der Waals surface area contributed by atoms with E-state index in [2.05, 4.69) is 34.1 Å². The Bertz CT molecular complexity index is 741. The zero-order valence-electron chi connectivity index (χ0n) is 16.2. The number of ether oxygens (including phenoxy) is 2. The van der Waals surface area contributed by atoms with Crippen LogP contribution in [0.25, 0.3) is 0 Å². The lowest BCUT2D eigenvalue weighted by Gasteiger charge is -2.44. The average Bonchev–Trinajstić information content (AvgIpc) is 2.79. The molecule has 0 aromatic heterocycles. The molecule has 2 atom stereocenters. The van der Waals surface area contributed by atoms with Crippen LogP contribution in [0.4, 0.5) is 0 Å². The minimum Gasteiger partial charge on any atom is -0.379 e. The first kappa shape index (κ1) is 19.3. The van der Waals surface area contributed by atoms with Crippen LogP contribution < -0.4 is 0 Å². The fourth-order valence-corrected chi connectivity index (χ4v) is 4.24. The summed E-state index contributed by atoms with van der Waals surface area (Å²) in [6.07, 6.45) is 0. The van der Waals surface area contributed by atoms with Crippen LogP contribution in [0.5, 0.6) is 0 Å². The predicted octanol–water partition coefficient (Wildman–Crippen LogP) is 2.64. The van der Waals surface area contributed by atoms with E-state index in [0.29, 0.717) is 26.4 Å². The molecule has 2 unspecified atom stereocenters. The number of hydrogen-bond acceptors (Lipinski definition) is 5. The lowest BCUT2D eigenvalue weighted by Crippen LogP contribution is -2.55. The third-order valence-corrected chi connectivity index (χ3v) is 5.65. The number of hydrogen-bond donors (Lipinski definition) is 0. The maximum atomic E-state index is 13.8. The first-order valence-electron chi connectivity index (χ1n) is 10.1. The Morgan fingerprint density at radius 1 is 0.714 bits per heavy atom. The second kappa shape index (κ2) is 9.43. The van der Waals surface area contributed by atoms with E-state index >= 15 is 0 Å². The number of nitrogens with zero attached hydrogens (tertiary/aromatic N) is 2. The average molecular weight is 380 g/mol. The first-order chi connectivity index (χ1) is 13.8. The van der Waals surface area contributed by atoms with Crippen molar-refractivity contribution in [1.82, 2.24) is 9.80 Å². The number of carbonyl (C=O) groups is 1. The largest absolute Gasteiger partial charge is 0.379 e. The van der Waals surface area contributed by atoms with Gasteiger partial charge in [0, 0.05) is 31.7 Å². The molecule has 0 spiro atoms. The first-order valence-corrected chi connectivity index (χ1v) is 10.1. The highest BCUT2D eigenvalue weighted by molar-refractivity contribution is 6.00. The highest BCUT2D eigenvalue weighted by Crippen LogP contribution is 2.31. The van der Waals surface area contributed by atoms with E-state index in [4.69, 9.17) is 9.47 Å². The Morgan fingerprint density at radius 3 is 1.79 bits per heavy atom. The van der Waals surface area contributed by atoms with Gasteiger partial charge in [-0.2, -0.15) is 0 Å². The van der Waals surface area contributed by atoms with Gasteiger partial charge in [0.15, 0.2) is 5.78 Å². The molecule has 0 bridgehead atoms. The molecule has 0 aliphatic carbocycles. The topological polar surface area (TPSA) is 42.0 Å². The molecule has 2 aliphatic heterocycles. The van der Waals surface area contributed by atoms with Crippen LogP contribution in [-0.4, -0.2) is 74.2 Å². The fraction of sp³-hybridized carbons (Fsp3) is 0.435. The van der Waals surface area contributed by atoms with Gasteiger partial charge in [-0.3, -0.25) is 14.6 Å². The van der Waals surface area contributed by atoms with Crippen LogP contribution in [0, 0.1) is 0 Å². The molecule has 4 rings (SSSR count). The second-order valence-electron chi connectivity index (χ2n) is 7.33. The van der Waals surface area contributed by atoms with E-state index in [1.54, 1.807) is 0 Å². The van der Waals surface area contributed by atoms with E-state index in [1.165, 1.54) is 5.56 Å². The molecule has 5 nitrogen and oxygen atoms in total. The summed E-state index contributed by atoms with van der Waals surface area (Å²) in [5, 5.41) is 0. The highest BCUT2D eigenvalue weighted by atomic mass is 16.5. The zero-order valence-corrected chi connectivity index (χ0v) is 16.2. The molecule has 0 radical (unpaired) electrons. The number of rotatable bonds is 6. The van der Waals surface area contributed by atoms with Gasteiger partial charge in [0.25, 0.3) is 0 Å². The molecule has 2 fully saturated rings. The monoisotopic (exact) mass is 380 g/mol. The van der Waals surface area contributed by atoms with Gasteiger partial charge < -0.3 is 9.47 Å². The molecule has 148 valence electrons. The van der Waals surface area contributed by atoms with Crippen molar-refractivity contribution in [3.8, 4) is 0 Å². The van der Waals surface area contributed by atoms with Gasteiger partial charge in [-0.05, 0) is 5.56 Å². The SMILES string of the molecule is O=C(c1ccccc1)C(C(c1ccccc1)N1CCOCC1)N1CCOCC1. The Kier molecular flexibility index (Phi) is 6.49. The quantitative estimate of drug-likeness (QED) is 0.721. The van der Waals surface area contributed by atoms with Crippen molar-refractivity contribution < 1.29 is 14.3 Å². The van der Waals surface area contributed by atoms with Gasteiger partial charge in [0.1, 0.15) is 0 Å². The molecular formula is C23H28N2O3. The molecule has 5 heteroatoms. The number of Topliss-reactive ketones (excluding diaryl/α,β-unsaturated/α-hetero) is 1. The smallest absolute Gasteiger partial charge is 0.181 e. The van der Waals surface area contributed by atoms with E-state index in [0.717, 1.165) is 31.7 Å². The van der Waals surface area contributed by atoms with E-state index in [-0.39, 0.29) is 17.9 Å². The minimum absolute atomic E-state index is 0.00379. The Morgan fingerprint density at radius 2 is 1.21 bits per heavy atom. The lowest BCUT2D eigenvalue weighted by atomic mass is 9.89. The van der Waals surface area contributed by atoms with Gasteiger partial charge in [-0.1, -0.05) is 60.7 Å². The maximum absolute atomic E-state index is 13.8. The minimum atomic E-state index is -0.244. The fourth-order valence-electron chi connectivity index (χ4n) is 4.24. The molecule has 2 heterocycles. The normalized spacial score (nSPS) is 21.1. The van der Waals surface area contributed by atoms with Crippen LogP contribution in [0.2, 0.25) is 0 Å². The van der Waals surface area contributed by atoms with Gasteiger partial charge in [-0.25, -0.2) is 0 Å². The van der Waals surface area contributed by atoms with Crippen molar-refractivity contribution in [3.05, 3.63) is 71.8 Å². The molecular weight excluding hydrogens is 352 g/mol. The van der Waals surface area contributed by atoms with Crippen LogP contribution in [0.15, 0.2) is 60.7 Å². The predicted molar refractivity (Wildman–Crippen MR) is 109 cm³/mol. The Balaban J connectivity index is 1.74. The van der Waals surface area contributed by atoms with Gasteiger partial charge >= 0.3 is 0 Å². The second-order valence-corrected chi connectivity index (χ2v) is 7.33. The maximum Gasteiger partial charge on any atom is 0.181 e. The van der Waals surface area contributed by atoms with Crippen LogP contribution in [-0.2, 0) is 9.47 Å². The van der Waals surface area contributed by atoms with Crippen LogP contribution in [0.3, 0.4) is 0 Å². The highest BCUT2D eigenvalue weighted by Gasteiger charge is 2.39. The molecule has 0 saturated carbocycles. The third-order valence-electron chi connectivity index (χ3n) is 5.65. The summed E-state index contributed by atoms with van der Waals surface area (Å²) in [7, 11) is 0. The summed E-state index contributed by atoms with van der Waals surface area (Å²) >= 11 is 0. The van der Waals surface area contributed by atoms with Crippen molar-refractivity contribution in [1.29, 1.82) is 0 Å². The van der Waals surface area contributed by atoms with Crippen molar-refractivity contribution >= 4 is 5.78 Å². The summed E-state index contributed by atoms with van der Waals surface area (Å²) in [6.45, 7) is 5.97. The third kappa shape index (κ3) is 4.33. The van der Waals surface area contributed by atoms with Crippen LogP contribution in [0.1, 0.15) is 22.0 Å². The summed E-state index contributed by atoms with van der Waals surface area (Å²) < 4.78 is 11.2. The standard InChI is InChI=1S/C23H28N2O3/c26-23(20-9-5-2-6-10-20)22(25-13-17-28-18-14-25)21(19-7-3-1-4-8-19)24-11-15-27-16-12-24/h1-10,21-22H,11-18H2. The van der Waals surface area contributed by atoms with Crippen molar-refractivity contribution in [2.45, 2.75) is 12.1 Å². The molecule has 0 amide bonds. The molecule has 2 aromatic carbocycles.